The quantitative estimate of drug-likeness (QED) is 0.482. The second-order valence-electron chi connectivity index (χ2n) is 13.5. The van der Waals surface area contributed by atoms with Crippen molar-refractivity contribution >= 4 is 0 Å². The van der Waals surface area contributed by atoms with Gasteiger partial charge in [0.2, 0.25) is 0 Å². The maximum Gasteiger partial charge on any atom is 0.0568 e. The molecule has 11 atom stereocenters. The molecule has 1 nitrogen and oxygen atoms in total. The van der Waals surface area contributed by atoms with Crippen LogP contribution in [0.5, 0.6) is 0 Å². The van der Waals surface area contributed by atoms with Crippen molar-refractivity contribution in [2.75, 3.05) is 0 Å². The van der Waals surface area contributed by atoms with E-state index in [1.165, 1.54) is 57.8 Å². The zero-order valence-corrected chi connectivity index (χ0v) is 21.3. The van der Waals surface area contributed by atoms with E-state index in [4.69, 9.17) is 0 Å². The van der Waals surface area contributed by atoms with Crippen LogP contribution in [0, 0.1) is 64.1 Å². The summed E-state index contributed by atoms with van der Waals surface area (Å²) in [4.78, 5) is 0. The smallest absolute Gasteiger partial charge is 0.0568 e. The molecule has 0 heterocycles. The summed E-state index contributed by atoms with van der Waals surface area (Å²) < 4.78 is 0. The van der Waals surface area contributed by atoms with E-state index in [1.54, 1.807) is 0 Å². The molecule has 0 amide bonds. The van der Waals surface area contributed by atoms with Gasteiger partial charge in [0, 0.05) is 0 Å². The fraction of sp³-hybridized carbons (Fsp3) is 1.00. The Kier molecular flexibility index (Phi) is 6.47. The van der Waals surface area contributed by atoms with Crippen LogP contribution in [0.15, 0.2) is 0 Å². The molecule has 0 aromatic rings. The van der Waals surface area contributed by atoms with Crippen molar-refractivity contribution in [3.05, 3.63) is 0 Å². The first kappa shape index (κ1) is 23.1. The zero-order valence-electron chi connectivity index (χ0n) is 21.3. The van der Waals surface area contributed by atoms with E-state index in [-0.39, 0.29) is 6.10 Å². The summed E-state index contributed by atoms with van der Waals surface area (Å²) in [6.07, 6.45) is 13.9. The van der Waals surface area contributed by atoms with Crippen LogP contribution < -0.4 is 0 Å². The number of hydrogen-bond donors (Lipinski definition) is 1. The number of hydrogen-bond acceptors (Lipinski definition) is 1. The predicted molar refractivity (Wildman–Crippen MR) is 128 cm³/mol. The van der Waals surface area contributed by atoms with Crippen molar-refractivity contribution in [1.29, 1.82) is 0 Å². The molecule has 5 unspecified atom stereocenters. The predicted octanol–water partition coefficient (Wildman–Crippen LogP) is 7.96. The van der Waals surface area contributed by atoms with Crippen LogP contribution in [-0.4, -0.2) is 11.2 Å². The third-order valence-corrected chi connectivity index (χ3v) is 12.1. The largest absolute Gasteiger partial charge is 0.393 e. The standard InChI is InChI=1S/C29H52O/c1-18(2)19(3)8-9-20(4)23-12-13-25-22-10-11-24-21(5)27(30)15-17-29(24,7)26(22)14-16-28(23,25)6/h18-27,30H,8-17H2,1-7H3/t19?,20?,21-,22?,23+,24-,25?,26?,27-,28+,29-/m0/s1. The molecule has 4 fully saturated rings. The van der Waals surface area contributed by atoms with E-state index < -0.39 is 0 Å². The van der Waals surface area contributed by atoms with Crippen molar-refractivity contribution in [2.45, 2.75) is 119 Å². The first-order valence-corrected chi connectivity index (χ1v) is 13.8. The van der Waals surface area contributed by atoms with Gasteiger partial charge in [-0.25, -0.2) is 0 Å². The van der Waals surface area contributed by atoms with Crippen molar-refractivity contribution in [3.63, 3.8) is 0 Å². The average molecular weight is 417 g/mol. The lowest BCUT2D eigenvalue weighted by molar-refractivity contribution is -0.149. The van der Waals surface area contributed by atoms with Crippen LogP contribution in [0.3, 0.4) is 0 Å². The van der Waals surface area contributed by atoms with Gasteiger partial charge in [-0.2, -0.15) is 0 Å². The van der Waals surface area contributed by atoms with Crippen LogP contribution in [-0.2, 0) is 0 Å². The summed E-state index contributed by atoms with van der Waals surface area (Å²) in [5.74, 6) is 7.70. The normalized spacial score (nSPS) is 50.5. The molecule has 174 valence electrons. The highest BCUT2D eigenvalue weighted by Gasteiger charge is 2.61. The SMILES string of the molecule is CC(C)C(C)CCC(C)[C@H]1CCC2C3CC[C@H]4[C@H](C)[C@@H](O)CC[C@]4(C)C3CC[C@@]21C. The minimum absolute atomic E-state index is 0.0431. The first-order chi connectivity index (χ1) is 14.1. The monoisotopic (exact) mass is 416 g/mol. The topological polar surface area (TPSA) is 20.2 Å². The number of fused-ring (bicyclic) bond motifs is 5. The maximum atomic E-state index is 10.5. The van der Waals surface area contributed by atoms with Gasteiger partial charge in [0.1, 0.15) is 0 Å². The number of rotatable bonds is 5. The van der Waals surface area contributed by atoms with E-state index in [2.05, 4.69) is 48.5 Å². The highest BCUT2D eigenvalue weighted by molar-refractivity contribution is 5.10. The molecule has 0 aliphatic heterocycles. The summed E-state index contributed by atoms with van der Waals surface area (Å²) in [5.41, 5.74) is 1.10. The minimum Gasteiger partial charge on any atom is -0.393 e. The maximum absolute atomic E-state index is 10.5. The van der Waals surface area contributed by atoms with Gasteiger partial charge in [-0.05, 0) is 115 Å². The molecule has 4 saturated carbocycles. The summed E-state index contributed by atoms with van der Waals surface area (Å²) in [6, 6.07) is 0. The zero-order chi connectivity index (χ0) is 21.8. The molecule has 1 N–H and O–H groups in total. The third-order valence-electron chi connectivity index (χ3n) is 12.1. The first-order valence-electron chi connectivity index (χ1n) is 13.8. The van der Waals surface area contributed by atoms with E-state index in [0.29, 0.717) is 16.7 Å². The molecule has 30 heavy (non-hydrogen) atoms. The highest BCUT2D eigenvalue weighted by atomic mass is 16.3. The molecule has 1 heteroatoms. The van der Waals surface area contributed by atoms with Gasteiger partial charge in [-0.3, -0.25) is 0 Å². The van der Waals surface area contributed by atoms with Crippen LogP contribution in [0.25, 0.3) is 0 Å². The lowest BCUT2D eigenvalue weighted by Crippen LogP contribution is -2.56. The fourth-order valence-corrected chi connectivity index (χ4v) is 9.75. The second-order valence-corrected chi connectivity index (χ2v) is 13.5. The molecular weight excluding hydrogens is 364 g/mol. The van der Waals surface area contributed by atoms with Gasteiger partial charge in [0.05, 0.1) is 6.10 Å². The molecule has 0 aromatic heterocycles. The molecule has 0 aromatic carbocycles. The van der Waals surface area contributed by atoms with Gasteiger partial charge < -0.3 is 5.11 Å². The number of aliphatic hydroxyl groups is 1. The van der Waals surface area contributed by atoms with Gasteiger partial charge in [0.15, 0.2) is 0 Å². The van der Waals surface area contributed by atoms with Crippen LogP contribution >= 0.6 is 0 Å². The Bertz CT molecular complexity index is 597. The Balaban J connectivity index is 1.47. The Morgan fingerprint density at radius 2 is 1.40 bits per heavy atom. The molecule has 0 spiro atoms. The van der Waals surface area contributed by atoms with Crippen molar-refractivity contribution in [3.8, 4) is 0 Å². The van der Waals surface area contributed by atoms with E-state index >= 15 is 0 Å². The van der Waals surface area contributed by atoms with Crippen molar-refractivity contribution in [2.24, 2.45) is 64.1 Å². The minimum atomic E-state index is -0.0431. The van der Waals surface area contributed by atoms with Crippen molar-refractivity contribution < 1.29 is 5.11 Å². The molecule has 4 aliphatic carbocycles. The van der Waals surface area contributed by atoms with Gasteiger partial charge in [-0.15, -0.1) is 0 Å². The lowest BCUT2D eigenvalue weighted by Gasteiger charge is -2.62. The second kappa shape index (κ2) is 8.39. The summed E-state index contributed by atoms with van der Waals surface area (Å²) >= 11 is 0. The molecule has 0 saturated heterocycles. The van der Waals surface area contributed by atoms with Crippen molar-refractivity contribution in [1.82, 2.24) is 0 Å². The Morgan fingerprint density at radius 1 is 0.767 bits per heavy atom. The number of aliphatic hydroxyl groups excluding tert-OH is 1. The average Bonchev–Trinajstić information content (AvgIpc) is 3.06. The Labute approximate surface area is 188 Å². The molecular formula is C29H52O. The third kappa shape index (κ3) is 3.62. The molecule has 0 bridgehead atoms. The molecule has 0 radical (unpaired) electrons. The summed E-state index contributed by atoms with van der Waals surface area (Å²) in [5, 5.41) is 10.5. The fourth-order valence-electron chi connectivity index (χ4n) is 9.75. The van der Waals surface area contributed by atoms with E-state index in [0.717, 1.165) is 53.8 Å². The Morgan fingerprint density at radius 3 is 2.10 bits per heavy atom. The van der Waals surface area contributed by atoms with Crippen LogP contribution in [0.4, 0.5) is 0 Å². The highest BCUT2D eigenvalue weighted by Crippen LogP contribution is 2.68. The molecule has 4 aliphatic rings. The van der Waals surface area contributed by atoms with Gasteiger partial charge in [0.25, 0.3) is 0 Å². The summed E-state index contributed by atoms with van der Waals surface area (Å²) in [7, 11) is 0. The van der Waals surface area contributed by atoms with E-state index in [9.17, 15) is 5.11 Å². The molecule has 4 rings (SSSR count). The lowest BCUT2D eigenvalue weighted by atomic mass is 9.43. The van der Waals surface area contributed by atoms with E-state index in [1.807, 2.05) is 0 Å². The van der Waals surface area contributed by atoms with Gasteiger partial charge >= 0.3 is 0 Å². The Hall–Kier alpha value is -0.0400. The van der Waals surface area contributed by atoms with Gasteiger partial charge in [-0.1, -0.05) is 61.3 Å². The van der Waals surface area contributed by atoms with Crippen LogP contribution in [0.1, 0.15) is 113 Å². The van der Waals surface area contributed by atoms with Crippen LogP contribution in [0.2, 0.25) is 0 Å². The summed E-state index contributed by atoms with van der Waals surface area (Å²) in [6.45, 7) is 17.6.